The fourth-order valence-corrected chi connectivity index (χ4v) is 2.62. The number of carbonyl (C=O) groups excluding carboxylic acids is 2. The molecule has 3 rings (SSSR count). The second-order valence-electron chi connectivity index (χ2n) is 6.05. The minimum absolute atomic E-state index is 0.169. The van der Waals surface area contributed by atoms with Gasteiger partial charge in [0.05, 0.1) is 18.9 Å². The Morgan fingerprint density at radius 3 is 2.68 bits per heavy atom. The van der Waals surface area contributed by atoms with Crippen molar-refractivity contribution in [2.45, 2.75) is 12.8 Å². The highest BCUT2D eigenvalue weighted by atomic mass is 16.5. The van der Waals surface area contributed by atoms with Crippen LogP contribution in [-0.2, 0) is 16.0 Å². The lowest BCUT2D eigenvalue weighted by Gasteiger charge is -2.01. The molecular weight excluding hydrogens is 356 g/mol. The van der Waals surface area contributed by atoms with Crippen LogP contribution in [0.4, 0.5) is 0 Å². The van der Waals surface area contributed by atoms with Crippen molar-refractivity contribution < 1.29 is 18.7 Å². The Morgan fingerprint density at radius 2 is 1.89 bits per heavy atom. The topological polar surface area (TPSA) is 80.9 Å². The zero-order chi connectivity index (χ0) is 19.8. The molecule has 0 fully saturated rings. The first-order valence-corrected chi connectivity index (χ1v) is 8.80. The van der Waals surface area contributed by atoms with Crippen molar-refractivity contribution in [1.29, 1.82) is 0 Å². The lowest BCUT2D eigenvalue weighted by atomic mass is 10.1. The molecule has 6 nitrogen and oxygen atoms in total. The van der Waals surface area contributed by atoms with E-state index in [2.05, 4.69) is 10.5 Å². The van der Waals surface area contributed by atoms with E-state index in [9.17, 15) is 9.59 Å². The zero-order valence-corrected chi connectivity index (χ0v) is 15.4. The Labute approximate surface area is 162 Å². The highest BCUT2D eigenvalue weighted by molar-refractivity contribution is 5.90. The van der Waals surface area contributed by atoms with Crippen LogP contribution >= 0.6 is 0 Å². The molecule has 0 atom stereocenters. The summed E-state index contributed by atoms with van der Waals surface area (Å²) in [5.41, 5.74) is 4.78. The van der Waals surface area contributed by atoms with Gasteiger partial charge in [-0.2, -0.15) is 5.10 Å². The molecule has 142 valence electrons. The van der Waals surface area contributed by atoms with Gasteiger partial charge < -0.3 is 9.15 Å². The summed E-state index contributed by atoms with van der Waals surface area (Å²) in [6.45, 7) is 0. The molecule has 1 aromatic heterocycles. The number of carbonyl (C=O) groups is 2. The van der Waals surface area contributed by atoms with Gasteiger partial charge in [0, 0.05) is 12.0 Å². The quantitative estimate of drug-likeness (QED) is 0.386. The van der Waals surface area contributed by atoms with Gasteiger partial charge in [-0.25, -0.2) is 10.2 Å². The SMILES string of the molecule is COC(=O)c1cccc(-c2ccc(/C=N\NC(=O)CCc3ccccc3)o2)c1. The molecule has 0 saturated heterocycles. The fourth-order valence-electron chi connectivity index (χ4n) is 2.62. The normalized spacial score (nSPS) is 10.8. The third kappa shape index (κ3) is 5.17. The van der Waals surface area contributed by atoms with E-state index in [1.807, 2.05) is 36.4 Å². The maximum atomic E-state index is 11.9. The smallest absolute Gasteiger partial charge is 0.337 e. The molecule has 0 radical (unpaired) electrons. The van der Waals surface area contributed by atoms with E-state index in [1.165, 1.54) is 13.3 Å². The van der Waals surface area contributed by atoms with Crippen LogP contribution in [0.2, 0.25) is 0 Å². The van der Waals surface area contributed by atoms with Gasteiger partial charge in [0.2, 0.25) is 5.91 Å². The van der Waals surface area contributed by atoms with Gasteiger partial charge in [-0.05, 0) is 36.2 Å². The van der Waals surface area contributed by atoms with Crippen LogP contribution in [0.1, 0.15) is 28.1 Å². The standard InChI is InChI=1S/C22H20N2O4/c1-27-22(26)18-9-5-8-17(14-18)20-12-11-19(28-20)15-23-24-21(25)13-10-16-6-3-2-4-7-16/h2-9,11-12,14-15H,10,13H2,1H3,(H,24,25)/b23-15-. The summed E-state index contributed by atoms with van der Waals surface area (Å²) in [7, 11) is 1.34. The van der Waals surface area contributed by atoms with Crippen LogP contribution in [-0.4, -0.2) is 25.2 Å². The molecule has 0 aliphatic carbocycles. The van der Waals surface area contributed by atoms with E-state index in [0.717, 1.165) is 11.1 Å². The summed E-state index contributed by atoms with van der Waals surface area (Å²) >= 11 is 0. The first-order chi connectivity index (χ1) is 13.7. The van der Waals surface area contributed by atoms with Gasteiger partial charge in [0.15, 0.2) is 0 Å². The van der Waals surface area contributed by atoms with Gasteiger partial charge in [0.25, 0.3) is 0 Å². The third-order valence-corrected chi connectivity index (χ3v) is 4.06. The van der Waals surface area contributed by atoms with E-state index in [0.29, 0.717) is 29.9 Å². The number of hydrogen-bond donors (Lipinski definition) is 1. The van der Waals surface area contributed by atoms with Gasteiger partial charge >= 0.3 is 5.97 Å². The van der Waals surface area contributed by atoms with Crippen LogP contribution in [0.5, 0.6) is 0 Å². The van der Waals surface area contributed by atoms with Crippen LogP contribution in [0, 0.1) is 0 Å². The number of benzene rings is 2. The predicted octanol–water partition coefficient (Wildman–Crippen LogP) is 3.82. The average molecular weight is 376 g/mol. The van der Waals surface area contributed by atoms with Crippen LogP contribution in [0.15, 0.2) is 76.2 Å². The molecule has 2 aromatic carbocycles. The molecule has 0 bridgehead atoms. The van der Waals surface area contributed by atoms with E-state index in [4.69, 9.17) is 9.15 Å². The van der Waals surface area contributed by atoms with E-state index >= 15 is 0 Å². The summed E-state index contributed by atoms with van der Waals surface area (Å²) < 4.78 is 10.4. The Hall–Kier alpha value is -3.67. The van der Waals surface area contributed by atoms with Crippen molar-refractivity contribution in [3.05, 3.63) is 83.6 Å². The molecule has 0 spiro atoms. The van der Waals surface area contributed by atoms with Gasteiger partial charge in [-0.3, -0.25) is 4.79 Å². The van der Waals surface area contributed by atoms with E-state index < -0.39 is 5.97 Å². The van der Waals surface area contributed by atoms with Crippen molar-refractivity contribution in [2.24, 2.45) is 5.10 Å². The first-order valence-electron chi connectivity index (χ1n) is 8.80. The monoisotopic (exact) mass is 376 g/mol. The Bertz CT molecular complexity index is 977. The molecule has 28 heavy (non-hydrogen) atoms. The first kappa shape index (κ1) is 19.1. The van der Waals surface area contributed by atoms with Crippen molar-refractivity contribution in [1.82, 2.24) is 5.43 Å². The third-order valence-electron chi connectivity index (χ3n) is 4.06. The molecule has 1 amide bonds. The molecule has 0 saturated carbocycles. The zero-order valence-electron chi connectivity index (χ0n) is 15.4. The molecule has 0 aliphatic heterocycles. The maximum Gasteiger partial charge on any atom is 0.337 e. The molecule has 1 N–H and O–H groups in total. The lowest BCUT2D eigenvalue weighted by Crippen LogP contribution is -2.17. The molecular formula is C22H20N2O4. The van der Waals surface area contributed by atoms with Crippen molar-refractivity contribution >= 4 is 18.1 Å². The largest absolute Gasteiger partial charge is 0.465 e. The minimum Gasteiger partial charge on any atom is -0.465 e. The van der Waals surface area contributed by atoms with Crippen LogP contribution in [0.25, 0.3) is 11.3 Å². The van der Waals surface area contributed by atoms with Crippen molar-refractivity contribution in [3.63, 3.8) is 0 Å². The molecule has 1 heterocycles. The lowest BCUT2D eigenvalue weighted by molar-refractivity contribution is -0.121. The second-order valence-corrected chi connectivity index (χ2v) is 6.05. The summed E-state index contributed by atoms with van der Waals surface area (Å²) in [6.07, 6.45) is 2.45. The number of furan rings is 1. The number of rotatable bonds is 7. The average Bonchev–Trinajstić information content (AvgIpc) is 3.21. The van der Waals surface area contributed by atoms with Gasteiger partial charge in [0.1, 0.15) is 11.5 Å². The molecule has 3 aromatic rings. The fraction of sp³-hybridized carbons (Fsp3) is 0.136. The van der Waals surface area contributed by atoms with Gasteiger partial charge in [-0.15, -0.1) is 0 Å². The molecule has 6 heteroatoms. The van der Waals surface area contributed by atoms with Crippen molar-refractivity contribution in [3.8, 4) is 11.3 Å². The highest BCUT2D eigenvalue weighted by Crippen LogP contribution is 2.22. The summed E-state index contributed by atoms with van der Waals surface area (Å²) in [5, 5.41) is 3.93. The number of aryl methyl sites for hydroxylation is 1. The Balaban J connectivity index is 1.55. The second kappa shape index (κ2) is 9.32. The minimum atomic E-state index is -0.409. The summed E-state index contributed by atoms with van der Waals surface area (Å²) in [4.78, 5) is 23.5. The summed E-state index contributed by atoms with van der Waals surface area (Å²) in [6, 6.07) is 20.3. The number of methoxy groups -OCH3 is 1. The van der Waals surface area contributed by atoms with Crippen molar-refractivity contribution in [2.75, 3.05) is 7.11 Å². The van der Waals surface area contributed by atoms with Crippen LogP contribution in [0.3, 0.4) is 0 Å². The molecule has 0 unspecified atom stereocenters. The number of nitrogens with zero attached hydrogens (tertiary/aromatic N) is 1. The number of nitrogens with one attached hydrogen (secondary N) is 1. The van der Waals surface area contributed by atoms with Gasteiger partial charge in [-0.1, -0.05) is 42.5 Å². The Morgan fingerprint density at radius 1 is 1.07 bits per heavy atom. The number of amides is 1. The Kier molecular flexibility index (Phi) is 6.36. The van der Waals surface area contributed by atoms with E-state index in [-0.39, 0.29) is 5.91 Å². The maximum absolute atomic E-state index is 11.9. The predicted molar refractivity (Wildman–Crippen MR) is 106 cm³/mol. The summed E-state index contributed by atoms with van der Waals surface area (Å²) in [5.74, 6) is 0.496. The van der Waals surface area contributed by atoms with Crippen LogP contribution < -0.4 is 5.43 Å². The highest BCUT2D eigenvalue weighted by Gasteiger charge is 2.09. The number of hydrazone groups is 1. The number of hydrogen-bond acceptors (Lipinski definition) is 5. The van der Waals surface area contributed by atoms with E-state index in [1.54, 1.807) is 30.3 Å². The number of ether oxygens (including phenoxy) is 1. The molecule has 0 aliphatic rings. The number of esters is 1.